The molecule has 0 saturated heterocycles. The Morgan fingerprint density at radius 1 is 1.21 bits per heavy atom. The second kappa shape index (κ2) is 5.18. The highest BCUT2D eigenvalue weighted by atomic mass is 16.5. The number of nitrogens with two attached hydrogens (primary N) is 1. The SMILES string of the molecule is CCNc1nc(NN)nc(OCC)n1. The Kier molecular flexibility index (Phi) is 3.86. The predicted molar refractivity (Wildman–Crippen MR) is 53.0 cm³/mol. The quantitative estimate of drug-likeness (QED) is 0.452. The van der Waals surface area contributed by atoms with Gasteiger partial charge < -0.3 is 10.1 Å². The Balaban J connectivity index is 2.88. The van der Waals surface area contributed by atoms with Crippen LogP contribution < -0.4 is 21.3 Å². The summed E-state index contributed by atoms with van der Waals surface area (Å²) >= 11 is 0. The molecule has 0 saturated carbocycles. The van der Waals surface area contributed by atoms with Gasteiger partial charge in [0.05, 0.1) is 6.61 Å². The summed E-state index contributed by atoms with van der Waals surface area (Å²) in [5.74, 6) is 5.91. The van der Waals surface area contributed by atoms with E-state index in [1.165, 1.54) is 0 Å². The summed E-state index contributed by atoms with van der Waals surface area (Å²) in [6, 6.07) is 0.256. The zero-order valence-corrected chi connectivity index (χ0v) is 8.24. The van der Waals surface area contributed by atoms with E-state index in [9.17, 15) is 0 Å². The van der Waals surface area contributed by atoms with Gasteiger partial charge in [0.2, 0.25) is 11.9 Å². The molecule has 1 aromatic rings. The van der Waals surface area contributed by atoms with Crippen molar-refractivity contribution >= 4 is 11.9 Å². The van der Waals surface area contributed by atoms with Crippen molar-refractivity contribution in [2.24, 2.45) is 5.84 Å². The molecule has 0 aliphatic carbocycles. The molecule has 1 heterocycles. The number of hydrazine groups is 1. The van der Waals surface area contributed by atoms with E-state index < -0.39 is 0 Å². The number of nitrogens with one attached hydrogen (secondary N) is 2. The summed E-state index contributed by atoms with van der Waals surface area (Å²) in [5.41, 5.74) is 2.34. The van der Waals surface area contributed by atoms with E-state index in [0.29, 0.717) is 12.6 Å². The van der Waals surface area contributed by atoms with Crippen molar-refractivity contribution in [3.05, 3.63) is 0 Å². The minimum Gasteiger partial charge on any atom is -0.464 e. The fraction of sp³-hybridized carbons (Fsp3) is 0.571. The van der Waals surface area contributed by atoms with Crippen molar-refractivity contribution in [2.45, 2.75) is 13.8 Å². The second-order valence-corrected chi connectivity index (χ2v) is 2.37. The molecule has 0 atom stereocenters. The largest absolute Gasteiger partial charge is 0.464 e. The van der Waals surface area contributed by atoms with Gasteiger partial charge in [-0.3, -0.25) is 5.43 Å². The van der Waals surface area contributed by atoms with Crippen molar-refractivity contribution in [3.63, 3.8) is 0 Å². The second-order valence-electron chi connectivity index (χ2n) is 2.37. The smallest absolute Gasteiger partial charge is 0.323 e. The third kappa shape index (κ3) is 2.70. The van der Waals surface area contributed by atoms with Crippen LogP contribution in [0.2, 0.25) is 0 Å². The minimum absolute atomic E-state index is 0.256. The van der Waals surface area contributed by atoms with E-state index in [2.05, 4.69) is 25.7 Å². The van der Waals surface area contributed by atoms with Crippen LogP contribution in [0.4, 0.5) is 11.9 Å². The van der Waals surface area contributed by atoms with Gasteiger partial charge in [0.1, 0.15) is 0 Å². The zero-order valence-electron chi connectivity index (χ0n) is 8.24. The Morgan fingerprint density at radius 3 is 2.50 bits per heavy atom. The number of nitrogens with zero attached hydrogens (tertiary/aromatic N) is 3. The predicted octanol–water partition coefficient (Wildman–Crippen LogP) is -0.0123. The number of hydrogen-bond donors (Lipinski definition) is 3. The van der Waals surface area contributed by atoms with E-state index in [4.69, 9.17) is 10.6 Å². The van der Waals surface area contributed by atoms with Crippen molar-refractivity contribution in [1.29, 1.82) is 0 Å². The van der Waals surface area contributed by atoms with Crippen LogP contribution >= 0.6 is 0 Å². The molecule has 0 unspecified atom stereocenters. The Hall–Kier alpha value is -1.63. The van der Waals surface area contributed by atoms with Gasteiger partial charge in [-0.25, -0.2) is 5.84 Å². The summed E-state index contributed by atoms with van der Waals surface area (Å²) < 4.78 is 5.14. The molecule has 0 bridgehead atoms. The van der Waals surface area contributed by atoms with Crippen LogP contribution in [0.25, 0.3) is 0 Å². The summed E-state index contributed by atoms with van der Waals surface area (Å²) in [5, 5.41) is 2.94. The number of hydrogen-bond acceptors (Lipinski definition) is 7. The first-order valence-corrected chi connectivity index (χ1v) is 4.39. The standard InChI is InChI=1S/C7H14N6O/c1-3-9-5-10-6(13-8)12-7(11-5)14-4-2/h3-4,8H2,1-2H3,(H2,9,10,11,12,13). The lowest BCUT2D eigenvalue weighted by molar-refractivity contribution is 0.312. The van der Waals surface area contributed by atoms with Gasteiger partial charge in [-0.2, -0.15) is 15.0 Å². The van der Waals surface area contributed by atoms with Crippen LogP contribution in [0.5, 0.6) is 6.01 Å². The average molecular weight is 198 g/mol. The first-order valence-electron chi connectivity index (χ1n) is 4.39. The lowest BCUT2D eigenvalue weighted by Gasteiger charge is -2.06. The highest BCUT2D eigenvalue weighted by molar-refractivity contribution is 5.34. The molecule has 78 valence electrons. The fourth-order valence-electron chi connectivity index (χ4n) is 0.852. The summed E-state index contributed by atoms with van der Waals surface area (Å²) in [6.07, 6.45) is 0. The fourth-order valence-corrected chi connectivity index (χ4v) is 0.852. The third-order valence-electron chi connectivity index (χ3n) is 1.35. The topological polar surface area (TPSA) is 98.0 Å². The molecule has 1 aromatic heterocycles. The number of ether oxygens (including phenoxy) is 1. The lowest BCUT2D eigenvalue weighted by Crippen LogP contribution is -2.14. The molecule has 0 aliphatic heterocycles. The van der Waals surface area contributed by atoms with Crippen molar-refractivity contribution in [2.75, 3.05) is 23.9 Å². The van der Waals surface area contributed by atoms with Crippen LogP contribution in [0.15, 0.2) is 0 Å². The van der Waals surface area contributed by atoms with E-state index in [-0.39, 0.29) is 12.0 Å². The molecule has 0 radical (unpaired) electrons. The van der Waals surface area contributed by atoms with Crippen molar-refractivity contribution in [1.82, 2.24) is 15.0 Å². The first kappa shape index (κ1) is 10.5. The lowest BCUT2D eigenvalue weighted by atomic mass is 10.7. The van der Waals surface area contributed by atoms with Gasteiger partial charge >= 0.3 is 6.01 Å². The highest BCUT2D eigenvalue weighted by Crippen LogP contribution is 2.09. The van der Waals surface area contributed by atoms with E-state index >= 15 is 0 Å². The average Bonchev–Trinajstić information content (AvgIpc) is 2.18. The molecular formula is C7H14N6O. The maximum absolute atomic E-state index is 5.19. The number of rotatable bonds is 5. The van der Waals surface area contributed by atoms with E-state index in [1.54, 1.807) is 0 Å². The molecule has 14 heavy (non-hydrogen) atoms. The first-order chi connectivity index (χ1) is 6.80. The van der Waals surface area contributed by atoms with E-state index in [0.717, 1.165) is 6.54 Å². The third-order valence-corrected chi connectivity index (χ3v) is 1.35. The molecule has 4 N–H and O–H groups in total. The summed E-state index contributed by atoms with van der Waals surface area (Å²) in [4.78, 5) is 11.9. The van der Waals surface area contributed by atoms with Gasteiger partial charge in [0, 0.05) is 6.54 Å². The van der Waals surface area contributed by atoms with Crippen LogP contribution in [0.1, 0.15) is 13.8 Å². The van der Waals surface area contributed by atoms with E-state index in [1.807, 2.05) is 13.8 Å². The Labute approximate surface area is 82.1 Å². The van der Waals surface area contributed by atoms with Crippen molar-refractivity contribution < 1.29 is 4.74 Å². The normalized spacial score (nSPS) is 9.64. The molecule has 7 nitrogen and oxygen atoms in total. The van der Waals surface area contributed by atoms with Crippen LogP contribution in [-0.4, -0.2) is 28.1 Å². The molecular weight excluding hydrogens is 184 g/mol. The Bertz CT molecular complexity index is 267. The zero-order chi connectivity index (χ0) is 10.4. The maximum atomic E-state index is 5.19. The molecule has 7 heteroatoms. The van der Waals surface area contributed by atoms with Crippen LogP contribution in [0, 0.1) is 0 Å². The summed E-state index contributed by atoms with van der Waals surface area (Å²) in [6.45, 7) is 5.02. The molecule has 0 aliphatic rings. The number of nitrogen functional groups attached to an aromatic ring is 1. The minimum atomic E-state index is 0.256. The Morgan fingerprint density at radius 2 is 1.93 bits per heavy atom. The molecule has 0 aromatic carbocycles. The monoisotopic (exact) mass is 198 g/mol. The highest BCUT2D eigenvalue weighted by Gasteiger charge is 2.04. The number of aromatic nitrogens is 3. The molecule has 0 fully saturated rings. The molecule has 0 spiro atoms. The molecule has 0 amide bonds. The van der Waals surface area contributed by atoms with Crippen LogP contribution in [0.3, 0.4) is 0 Å². The maximum Gasteiger partial charge on any atom is 0.323 e. The van der Waals surface area contributed by atoms with Gasteiger partial charge in [-0.05, 0) is 13.8 Å². The van der Waals surface area contributed by atoms with Gasteiger partial charge in [-0.1, -0.05) is 0 Å². The van der Waals surface area contributed by atoms with Crippen molar-refractivity contribution in [3.8, 4) is 6.01 Å². The van der Waals surface area contributed by atoms with Crippen LogP contribution in [-0.2, 0) is 0 Å². The van der Waals surface area contributed by atoms with Gasteiger partial charge in [0.25, 0.3) is 0 Å². The van der Waals surface area contributed by atoms with Gasteiger partial charge in [0.15, 0.2) is 0 Å². The summed E-state index contributed by atoms with van der Waals surface area (Å²) in [7, 11) is 0. The molecule has 1 rings (SSSR count). The number of anilines is 2. The van der Waals surface area contributed by atoms with Gasteiger partial charge in [-0.15, -0.1) is 0 Å².